The number of anilines is 1. The number of benzene rings is 1. The van der Waals surface area contributed by atoms with Crippen molar-refractivity contribution in [2.24, 2.45) is 5.41 Å². The minimum absolute atomic E-state index is 0.0324. The minimum Gasteiger partial charge on any atom is -0.495 e. The zero-order valence-corrected chi connectivity index (χ0v) is 16.8. The Morgan fingerprint density at radius 2 is 2.00 bits per heavy atom. The molecule has 2 heterocycles. The summed E-state index contributed by atoms with van der Waals surface area (Å²) in [5.41, 5.74) is 0.205. The second kappa shape index (κ2) is 7.40. The van der Waals surface area contributed by atoms with Crippen molar-refractivity contribution in [1.82, 2.24) is 4.98 Å². The smallest absolute Gasteiger partial charge is 0.234 e. The van der Waals surface area contributed by atoms with Crippen molar-refractivity contribution in [3.05, 3.63) is 12.1 Å². The fraction of sp³-hybridized carbons (Fsp3) is 0.579. The highest BCUT2D eigenvalue weighted by molar-refractivity contribution is 7.22. The van der Waals surface area contributed by atoms with Gasteiger partial charge in [0.2, 0.25) is 5.91 Å². The van der Waals surface area contributed by atoms with Gasteiger partial charge in [-0.15, -0.1) is 0 Å². The average molecular weight is 378 g/mol. The molecule has 1 amide bonds. The minimum atomic E-state index is -0.509. The summed E-state index contributed by atoms with van der Waals surface area (Å²) in [5.74, 6) is 1.43. The van der Waals surface area contributed by atoms with E-state index in [1.807, 2.05) is 32.9 Å². The van der Waals surface area contributed by atoms with Crippen LogP contribution in [0.15, 0.2) is 12.1 Å². The fourth-order valence-electron chi connectivity index (χ4n) is 3.03. The summed E-state index contributed by atoms with van der Waals surface area (Å²) >= 11 is 1.45. The molecule has 6 nitrogen and oxygen atoms in total. The third-order valence-electron chi connectivity index (χ3n) is 4.43. The maximum absolute atomic E-state index is 13.1. The Morgan fingerprint density at radius 1 is 1.31 bits per heavy atom. The predicted molar refractivity (Wildman–Crippen MR) is 104 cm³/mol. The lowest BCUT2D eigenvalue weighted by atomic mass is 9.94. The molecular weight excluding hydrogens is 352 g/mol. The van der Waals surface area contributed by atoms with E-state index in [9.17, 15) is 4.79 Å². The van der Waals surface area contributed by atoms with Gasteiger partial charge in [0.25, 0.3) is 0 Å². The SMILES string of the molecule is COc1ccc(OC)c2sc(N(CC3CCCO3)C(=O)C(C)(C)C)nc12. The van der Waals surface area contributed by atoms with E-state index in [1.165, 1.54) is 11.3 Å². The lowest BCUT2D eigenvalue weighted by Gasteiger charge is -2.29. The molecule has 142 valence electrons. The normalized spacial score (nSPS) is 17.5. The van der Waals surface area contributed by atoms with E-state index in [4.69, 9.17) is 19.2 Å². The molecule has 0 radical (unpaired) electrons. The van der Waals surface area contributed by atoms with Crippen LogP contribution in [0.3, 0.4) is 0 Å². The summed E-state index contributed by atoms with van der Waals surface area (Å²) in [6.07, 6.45) is 2.05. The maximum Gasteiger partial charge on any atom is 0.234 e. The quantitative estimate of drug-likeness (QED) is 0.790. The summed E-state index contributed by atoms with van der Waals surface area (Å²) in [4.78, 5) is 19.6. The van der Waals surface area contributed by atoms with Crippen molar-refractivity contribution in [3.63, 3.8) is 0 Å². The third kappa shape index (κ3) is 3.64. The molecule has 26 heavy (non-hydrogen) atoms. The molecule has 1 aliphatic rings. The molecule has 1 saturated heterocycles. The maximum atomic E-state index is 13.1. The van der Waals surface area contributed by atoms with Gasteiger partial charge in [-0.3, -0.25) is 9.69 Å². The zero-order valence-electron chi connectivity index (χ0n) is 16.0. The van der Waals surface area contributed by atoms with Gasteiger partial charge >= 0.3 is 0 Å². The molecule has 1 aromatic carbocycles. The van der Waals surface area contributed by atoms with Gasteiger partial charge in [0.1, 0.15) is 21.7 Å². The Hall–Kier alpha value is -1.86. The number of rotatable bonds is 5. The van der Waals surface area contributed by atoms with Gasteiger partial charge in [-0.2, -0.15) is 0 Å². The molecular formula is C19H26N2O4S. The number of methoxy groups -OCH3 is 2. The molecule has 0 N–H and O–H groups in total. The second-order valence-electron chi connectivity index (χ2n) is 7.45. The Kier molecular flexibility index (Phi) is 5.39. The van der Waals surface area contributed by atoms with Gasteiger partial charge < -0.3 is 14.2 Å². The van der Waals surface area contributed by atoms with E-state index in [-0.39, 0.29) is 12.0 Å². The highest BCUT2D eigenvalue weighted by Crippen LogP contribution is 2.41. The van der Waals surface area contributed by atoms with Gasteiger partial charge in [0.15, 0.2) is 5.13 Å². The van der Waals surface area contributed by atoms with Gasteiger partial charge in [-0.25, -0.2) is 4.98 Å². The van der Waals surface area contributed by atoms with Crippen LogP contribution < -0.4 is 14.4 Å². The molecule has 1 unspecified atom stereocenters. The van der Waals surface area contributed by atoms with E-state index in [0.717, 1.165) is 29.9 Å². The number of carbonyl (C=O) groups excluding carboxylic acids is 1. The highest BCUT2D eigenvalue weighted by atomic mass is 32.1. The van der Waals surface area contributed by atoms with Crippen molar-refractivity contribution in [2.45, 2.75) is 39.7 Å². The van der Waals surface area contributed by atoms with Crippen LogP contribution in [-0.2, 0) is 9.53 Å². The van der Waals surface area contributed by atoms with Gasteiger partial charge in [0, 0.05) is 12.0 Å². The Morgan fingerprint density at radius 3 is 2.58 bits per heavy atom. The summed E-state index contributed by atoms with van der Waals surface area (Å²) < 4.78 is 17.6. The van der Waals surface area contributed by atoms with Gasteiger partial charge in [-0.05, 0) is 25.0 Å². The lowest BCUT2D eigenvalue weighted by molar-refractivity contribution is -0.126. The first-order valence-electron chi connectivity index (χ1n) is 8.80. The van der Waals surface area contributed by atoms with Gasteiger partial charge in [0.05, 0.1) is 26.9 Å². The van der Waals surface area contributed by atoms with Crippen molar-refractivity contribution in [3.8, 4) is 11.5 Å². The van der Waals surface area contributed by atoms with Crippen LogP contribution in [-0.4, -0.2) is 44.4 Å². The van der Waals surface area contributed by atoms with Crippen LogP contribution in [0.4, 0.5) is 5.13 Å². The number of aromatic nitrogens is 1. The first-order valence-corrected chi connectivity index (χ1v) is 9.62. The van der Waals surface area contributed by atoms with E-state index < -0.39 is 5.41 Å². The molecule has 0 aliphatic carbocycles. The standard InChI is InChI=1S/C19H26N2O4S/c1-19(2,3)17(22)21(11-12-7-6-10-25-12)18-20-15-13(23-4)8-9-14(24-5)16(15)26-18/h8-9,12H,6-7,10-11H2,1-5H3. The number of thiazole rings is 1. The van der Waals surface area contributed by atoms with Crippen molar-refractivity contribution < 1.29 is 19.0 Å². The van der Waals surface area contributed by atoms with Crippen molar-refractivity contribution in [2.75, 3.05) is 32.3 Å². The number of ether oxygens (including phenoxy) is 3. The summed E-state index contributed by atoms with van der Waals surface area (Å²) in [7, 11) is 3.25. The first kappa shape index (κ1) is 18.9. The first-order chi connectivity index (χ1) is 12.3. The molecule has 1 atom stereocenters. The molecule has 1 aliphatic heterocycles. The fourth-order valence-corrected chi connectivity index (χ4v) is 4.12. The van der Waals surface area contributed by atoms with Crippen LogP contribution in [0.5, 0.6) is 11.5 Å². The number of fused-ring (bicyclic) bond motifs is 1. The van der Waals surface area contributed by atoms with Crippen LogP contribution in [0, 0.1) is 5.41 Å². The number of hydrogen-bond acceptors (Lipinski definition) is 6. The zero-order chi connectivity index (χ0) is 18.9. The molecule has 3 rings (SSSR count). The van der Waals surface area contributed by atoms with Gasteiger partial charge in [-0.1, -0.05) is 32.1 Å². The number of hydrogen-bond donors (Lipinski definition) is 0. The molecule has 1 aromatic heterocycles. The summed E-state index contributed by atoms with van der Waals surface area (Å²) in [6, 6.07) is 3.69. The van der Waals surface area contributed by atoms with Crippen molar-refractivity contribution in [1.29, 1.82) is 0 Å². The number of carbonyl (C=O) groups is 1. The van der Waals surface area contributed by atoms with E-state index in [0.29, 0.717) is 22.9 Å². The lowest BCUT2D eigenvalue weighted by Crippen LogP contribution is -2.43. The van der Waals surface area contributed by atoms with Crippen LogP contribution in [0.2, 0.25) is 0 Å². The van der Waals surface area contributed by atoms with E-state index in [2.05, 4.69) is 0 Å². The highest BCUT2D eigenvalue weighted by Gasteiger charge is 2.33. The molecule has 0 bridgehead atoms. The van der Waals surface area contributed by atoms with Crippen LogP contribution in [0.25, 0.3) is 10.2 Å². The molecule has 1 fully saturated rings. The summed E-state index contributed by atoms with van der Waals surface area (Å²) in [5, 5.41) is 0.651. The number of amides is 1. The third-order valence-corrected chi connectivity index (χ3v) is 5.52. The Balaban J connectivity index is 2.06. The van der Waals surface area contributed by atoms with E-state index >= 15 is 0 Å². The molecule has 7 heteroatoms. The van der Waals surface area contributed by atoms with Crippen LogP contribution in [0.1, 0.15) is 33.6 Å². The summed E-state index contributed by atoms with van der Waals surface area (Å²) in [6.45, 7) is 7.04. The monoisotopic (exact) mass is 378 g/mol. The average Bonchev–Trinajstić information content (AvgIpc) is 3.26. The Bertz CT molecular complexity index is 750. The molecule has 0 saturated carbocycles. The second-order valence-corrected chi connectivity index (χ2v) is 8.42. The topological polar surface area (TPSA) is 60.9 Å². The largest absolute Gasteiger partial charge is 0.495 e. The van der Waals surface area contributed by atoms with E-state index in [1.54, 1.807) is 19.1 Å². The Labute approximate surface area is 158 Å². The van der Waals surface area contributed by atoms with Crippen molar-refractivity contribution >= 4 is 32.6 Å². The molecule has 0 spiro atoms. The predicted octanol–water partition coefficient (Wildman–Crippen LogP) is 3.87. The van der Waals surface area contributed by atoms with Crippen LogP contribution >= 0.6 is 11.3 Å². The molecule has 2 aromatic rings. The number of nitrogens with zero attached hydrogens (tertiary/aromatic N) is 2.